The van der Waals surface area contributed by atoms with Gasteiger partial charge in [-0.15, -0.1) is 0 Å². The first-order valence-electron chi connectivity index (χ1n) is 6.02. The van der Waals surface area contributed by atoms with Crippen molar-refractivity contribution in [1.29, 1.82) is 0 Å². The average Bonchev–Trinajstić information content (AvgIpc) is 3.05. The summed E-state index contributed by atoms with van der Waals surface area (Å²) in [5, 5.41) is 19.5. The van der Waals surface area contributed by atoms with E-state index in [4.69, 9.17) is 9.84 Å². The van der Waals surface area contributed by atoms with E-state index in [1.54, 1.807) is 19.1 Å². The summed E-state index contributed by atoms with van der Waals surface area (Å²) >= 11 is 0. The Morgan fingerprint density at radius 2 is 2.21 bits per heavy atom. The molecule has 0 radical (unpaired) electrons. The minimum atomic E-state index is -0.819. The van der Waals surface area contributed by atoms with Gasteiger partial charge in [-0.1, -0.05) is 0 Å². The first-order valence-corrected chi connectivity index (χ1v) is 6.02. The fraction of sp³-hybridized carbons (Fsp3) is 0.462. The number of nitro benzene ring substituents is 1. The zero-order chi connectivity index (χ0) is 14.0. The van der Waals surface area contributed by atoms with Crippen LogP contribution in [0.2, 0.25) is 0 Å². The van der Waals surface area contributed by atoms with Crippen LogP contribution in [0.3, 0.4) is 0 Å². The van der Waals surface area contributed by atoms with Crippen LogP contribution in [0.15, 0.2) is 18.2 Å². The molecule has 6 nitrogen and oxygen atoms in total. The van der Waals surface area contributed by atoms with E-state index in [-0.39, 0.29) is 17.5 Å². The lowest BCUT2D eigenvalue weighted by atomic mass is 10.0. The van der Waals surface area contributed by atoms with E-state index in [2.05, 4.69) is 0 Å². The number of rotatable bonds is 6. The van der Waals surface area contributed by atoms with Gasteiger partial charge in [0.1, 0.15) is 5.75 Å². The minimum absolute atomic E-state index is 0.0546. The molecule has 0 saturated heterocycles. The van der Waals surface area contributed by atoms with Gasteiger partial charge in [0.15, 0.2) is 0 Å². The summed E-state index contributed by atoms with van der Waals surface area (Å²) in [4.78, 5) is 21.0. The lowest BCUT2D eigenvalue weighted by molar-refractivity contribution is -0.385. The lowest BCUT2D eigenvalue weighted by Crippen LogP contribution is -2.17. The highest BCUT2D eigenvalue weighted by molar-refractivity contribution is 5.68. The monoisotopic (exact) mass is 265 g/mol. The van der Waals surface area contributed by atoms with E-state index in [0.717, 1.165) is 12.8 Å². The Kier molecular flexibility index (Phi) is 3.42. The predicted molar refractivity (Wildman–Crippen MR) is 67.2 cm³/mol. The Hall–Kier alpha value is -2.11. The van der Waals surface area contributed by atoms with Crippen LogP contribution in [0.5, 0.6) is 5.75 Å². The maximum Gasteiger partial charge on any atom is 0.304 e. The molecule has 1 fully saturated rings. The van der Waals surface area contributed by atoms with Gasteiger partial charge in [-0.05, 0) is 31.9 Å². The summed E-state index contributed by atoms with van der Waals surface area (Å²) in [7, 11) is 0. The molecule has 2 rings (SSSR count). The number of benzene rings is 1. The smallest absolute Gasteiger partial charge is 0.304 e. The molecule has 0 amide bonds. The van der Waals surface area contributed by atoms with Crippen LogP contribution in [-0.2, 0) is 4.79 Å². The Labute approximate surface area is 110 Å². The van der Waals surface area contributed by atoms with Crippen LogP contribution in [0.1, 0.15) is 24.8 Å². The van der Waals surface area contributed by atoms with Crippen LogP contribution in [0.25, 0.3) is 0 Å². The SMILES string of the molecule is Cc1cc(OCC2(CC(=O)O)CC2)ccc1[N+](=O)[O-]. The number of aryl methyl sites for hydroxylation is 1. The molecule has 6 heteroatoms. The van der Waals surface area contributed by atoms with Crippen LogP contribution in [0.4, 0.5) is 5.69 Å². The van der Waals surface area contributed by atoms with E-state index in [0.29, 0.717) is 17.9 Å². The average molecular weight is 265 g/mol. The van der Waals surface area contributed by atoms with Crippen molar-refractivity contribution in [1.82, 2.24) is 0 Å². The van der Waals surface area contributed by atoms with E-state index in [1.165, 1.54) is 6.07 Å². The lowest BCUT2D eigenvalue weighted by Gasteiger charge is -2.14. The normalized spacial score (nSPS) is 15.8. The molecule has 102 valence electrons. The van der Waals surface area contributed by atoms with E-state index >= 15 is 0 Å². The van der Waals surface area contributed by atoms with Crippen molar-refractivity contribution in [2.45, 2.75) is 26.2 Å². The van der Waals surface area contributed by atoms with E-state index in [9.17, 15) is 14.9 Å². The first-order chi connectivity index (χ1) is 8.92. The molecule has 0 unspecified atom stereocenters. The van der Waals surface area contributed by atoms with Crippen molar-refractivity contribution < 1.29 is 19.6 Å². The molecule has 19 heavy (non-hydrogen) atoms. The van der Waals surface area contributed by atoms with Crippen LogP contribution < -0.4 is 4.74 Å². The van der Waals surface area contributed by atoms with Gasteiger partial charge in [0.05, 0.1) is 18.0 Å². The number of hydrogen-bond acceptors (Lipinski definition) is 4. The standard InChI is InChI=1S/C13H15NO5/c1-9-6-10(2-3-11(9)14(17)18)19-8-13(4-5-13)7-12(15)16/h2-3,6H,4-5,7-8H2,1H3,(H,15,16). The Bertz CT molecular complexity index is 522. The molecule has 0 bridgehead atoms. The van der Waals surface area contributed by atoms with Gasteiger partial charge in [-0.3, -0.25) is 14.9 Å². The number of carbonyl (C=O) groups is 1. The number of nitro groups is 1. The maximum absolute atomic E-state index is 10.7. The number of carboxylic acid groups (broad SMARTS) is 1. The zero-order valence-corrected chi connectivity index (χ0v) is 10.6. The van der Waals surface area contributed by atoms with Gasteiger partial charge in [-0.25, -0.2) is 0 Å². The summed E-state index contributed by atoms with van der Waals surface area (Å²) in [6, 6.07) is 4.55. The Morgan fingerprint density at radius 3 is 2.68 bits per heavy atom. The highest BCUT2D eigenvalue weighted by Gasteiger charge is 2.45. The van der Waals surface area contributed by atoms with Crippen molar-refractivity contribution in [2.24, 2.45) is 5.41 Å². The predicted octanol–water partition coefficient (Wildman–Crippen LogP) is 2.54. The topological polar surface area (TPSA) is 89.7 Å². The third kappa shape index (κ3) is 3.21. The number of nitrogens with zero attached hydrogens (tertiary/aromatic N) is 1. The summed E-state index contributed by atoms with van der Waals surface area (Å²) in [5.74, 6) is -0.277. The van der Waals surface area contributed by atoms with Crippen molar-refractivity contribution >= 4 is 11.7 Å². The molecule has 0 spiro atoms. The number of aliphatic carboxylic acids is 1. The first kappa shape index (κ1) is 13.3. The second-order valence-corrected chi connectivity index (χ2v) is 5.06. The molecular formula is C13H15NO5. The molecule has 1 aromatic rings. The molecule has 1 N–H and O–H groups in total. The van der Waals surface area contributed by atoms with Gasteiger partial charge >= 0.3 is 5.97 Å². The fourth-order valence-corrected chi connectivity index (χ4v) is 2.03. The summed E-state index contributed by atoms with van der Waals surface area (Å²) in [6.45, 7) is 1.99. The minimum Gasteiger partial charge on any atom is -0.493 e. The molecule has 1 aliphatic rings. The summed E-state index contributed by atoms with van der Waals surface area (Å²) < 4.78 is 5.56. The maximum atomic E-state index is 10.7. The number of carboxylic acids is 1. The number of hydrogen-bond donors (Lipinski definition) is 1. The molecule has 1 aromatic carbocycles. The van der Waals surface area contributed by atoms with Gasteiger partial charge in [0.25, 0.3) is 5.69 Å². The van der Waals surface area contributed by atoms with E-state index in [1.807, 2.05) is 0 Å². The Morgan fingerprint density at radius 1 is 1.53 bits per heavy atom. The van der Waals surface area contributed by atoms with Crippen LogP contribution in [0, 0.1) is 22.5 Å². The molecule has 0 atom stereocenters. The molecule has 1 aliphatic carbocycles. The van der Waals surface area contributed by atoms with Crippen molar-refractivity contribution in [3.63, 3.8) is 0 Å². The molecule has 0 aromatic heterocycles. The summed E-state index contributed by atoms with van der Waals surface area (Å²) in [6.07, 6.45) is 1.81. The van der Waals surface area contributed by atoms with Gasteiger partial charge in [-0.2, -0.15) is 0 Å². The third-order valence-corrected chi connectivity index (χ3v) is 3.39. The van der Waals surface area contributed by atoms with Gasteiger partial charge < -0.3 is 9.84 Å². The van der Waals surface area contributed by atoms with Gasteiger partial charge in [0, 0.05) is 17.0 Å². The van der Waals surface area contributed by atoms with Crippen molar-refractivity contribution in [3.05, 3.63) is 33.9 Å². The number of ether oxygens (including phenoxy) is 1. The Balaban J connectivity index is 1.99. The molecule has 0 heterocycles. The molecular weight excluding hydrogens is 250 g/mol. The highest BCUT2D eigenvalue weighted by Crippen LogP contribution is 2.49. The highest BCUT2D eigenvalue weighted by atomic mass is 16.6. The second-order valence-electron chi connectivity index (χ2n) is 5.06. The summed E-state index contributed by atoms with van der Waals surface area (Å²) in [5.41, 5.74) is 0.339. The fourth-order valence-electron chi connectivity index (χ4n) is 2.03. The largest absolute Gasteiger partial charge is 0.493 e. The third-order valence-electron chi connectivity index (χ3n) is 3.39. The van der Waals surface area contributed by atoms with Crippen LogP contribution in [-0.4, -0.2) is 22.6 Å². The van der Waals surface area contributed by atoms with Crippen molar-refractivity contribution in [3.8, 4) is 5.75 Å². The molecule has 1 saturated carbocycles. The van der Waals surface area contributed by atoms with Gasteiger partial charge in [0.2, 0.25) is 0 Å². The van der Waals surface area contributed by atoms with Crippen LogP contribution >= 0.6 is 0 Å². The van der Waals surface area contributed by atoms with Crippen molar-refractivity contribution in [2.75, 3.05) is 6.61 Å². The zero-order valence-electron chi connectivity index (χ0n) is 10.6. The molecule has 0 aliphatic heterocycles. The van der Waals surface area contributed by atoms with E-state index < -0.39 is 10.9 Å². The second kappa shape index (κ2) is 4.87. The quantitative estimate of drug-likeness (QED) is 0.630.